The molecule has 1 saturated heterocycles. The third kappa shape index (κ3) is 2.70. The van der Waals surface area contributed by atoms with Gasteiger partial charge in [0.05, 0.1) is 0 Å². The van der Waals surface area contributed by atoms with Crippen molar-refractivity contribution in [1.29, 1.82) is 0 Å². The van der Waals surface area contributed by atoms with Crippen molar-refractivity contribution >= 4 is 0 Å². The van der Waals surface area contributed by atoms with Crippen molar-refractivity contribution < 1.29 is 0 Å². The van der Waals surface area contributed by atoms with Gasteiger partial charge in [0.25, 0.3) is 0 Å². The van der Waals surface area contributed by atoms with Crippen LogP contribution in [0.1, 0.15) is 39.3 Å². The molecular weight excluding hydrogens is 208 g/mol. The van der Waals surface area contributed by atoms with E-state index in [1.54, 1.807) is 0 Å². The van der Waals surface area contributed by atoms with Crippen molar-refractivity contribution in [3.63, 3.8) is 0 Å². The summed E-state index contributed by atoms with van der Waals surface area (Å²) < 4.78 is 0. The molecule has 2 heteroatoms. The van der Waals surface area contributed by atoms with Gasteiger partial charge in [0.1, 0.15) is 0 Å². The van der Waals surface area contributed by atoms with Gasteiger partial charge in [-0.2, -0.15) is 0 Å². The van der Waals surface area contributed by atoms with Crippen LogP contribution in [0.5, 0.6) is 0 Å². The SMILES string of the molecule is CC1CN(C(C)c2ccccc2)C(C)(C)CN1. The number of nitrogens with zero attached hydrogens (tertiary/aromatic N) is 1. The molecule has 17 heavy (non-hydrogen) atoms. The first-order chi connectivity index (χ1) is 8.00. The van der Waals surface area contributed by atoms with Crippen molar-refractivity contribution in [2.75, 3.05) is 13.1 Å². The van der Waals surface area contributed by atoms with Crippen molar-refractivity contribution in [2.24, 2.45) is 0 Å². The van der Waals surface area contributed by atoms with E-state index in [9.17, 15) is 0 Å². The van der Waals surface area contributed by atoms with E-state index in [1.165, 1.54) is 5.56 Å². The Labute approximate surface area is 105 Å². The van der Waals surface area contributed by atoms with Crippen molar-refractivity contribution in [1.82, 2.24) is 10.2 Å². The fourth-order valence-electron chi connectivity index (χ4n) is 2.73. The smallest absolute Gasteiger partial charge is 0.0326 e. The van der Waals surface area contributed by atoms with Crippen molar-refractivity contribution in [3.8, 4) is 0 Å². The highest BCUT2D eigenvalue weighted by atomic mass is 15.3. The predicted octanol–water partition coefficient (Wildman–Crippen LogP) is 2.82. The number of nitrogens with one attached hydrogen (secondary N) is 1. The van der Waals surface area contributed by atoms with E-state index in [1.807, 2.05) is 0 Å². The molecule has 94 valence electrons. The van der Waals surface area contributed by atoms with Crippen molar-refractivity contribution in [3.05, 3.63) is 35.9 Å². The summed E-state index contributed by atoms with van der Waals surface area (Å²) in [6, 6.07) is 11.9. The van der Waals surface area contributed by atoms with Gasteiger partial charge >= 0.3 is 0 Å². The first-order valence-electron chi connectivity index (χ1n) is 6.56. The quantitative estimate of drug-likeness (QED) is 0.843. The molecule has 0 amide bonds. The van der Waals surface area contributed by atoms with E-state index in [2.05, 4.69) is 68.2 Å². The normalized spacial score (nSPS) is 26.7. The molecule has 2 nitrogen and oxygen atoms in total. The van der Waals surface area contributed by atoms with Gasteiger partial charge in [-0.05, 0) is 33.3 Å². The fraction of sp³-hybridized carbons (Fsp3) is 0.600. The van der Waals surface area contributed by atoms with E-state index in [0.29, 0.717) is 12.1 Å². The maximum absolute atomic E-state index is 3.57. The lowest BCUT2D eigenvalue weighted by atomic mass is 9.93. The Balaban J connectivity index is 2.20. The fourth-order valence-corrected chi connectivity index (χ4v) is 2.73. The topological polar surface area (TPSA) is 15.3 Å². The molecule has 0 aromatic heterocycles. The number of piperazine rings is 1. The number of hydrogen-bond donors (Lipinski definition) is 1. The molecule has 0 spiro atoms. The van der Waals surface area contributed by atoms with E-state index in [0.717, 1.165) is 13.1 Å². The van der Waals surface area contributed by atoms with Crippen LogP contribution in [0, 0.1) is 0 Å². The number of benzene rings is 1. The third-order valence-corrected chi connectivity index (χ3v) is 3.88. The minimum absolute atomic E-state index is 0.224. The molecular formula is C15H24N2. The lowest BCUT2D eigenvalue weighted by Gasteiger charge is -2.48. The van der Waals surface area contributed by atoms with Gasteiger partial charge in [-0.15, -0.1) is 0 Å². The van der Waals surface area contributed by atoms with Crippen LogP contribution in [-0.2, 0) is 0 Å². The molecule has 1 aliphatic rings. The Bertz CT molecular complexity index is 358. The largest absolute Gasteiger partial charge is 0.311 e. The highest BCUT2D eigenvalue weighted by molar-refractivity contribution is 5.19. The molecule has 1 aromatic rings. The minimum atomic E-state index is 0.224. The maximum atomic E-state index is 3.57. The second kappa shape index (κ2) is 4.79. The summed E-state index contributed by atoms with van der Waals surface area (Å²) in [6.45, 7) is 11.4. The van der Waals surface area contributed by atoms with E-state index in [4.69, 9.17) is 0 Å². The summed E-state index contributed by atoms with van der Waals surface area (Å²) >= 11 is 0. The summed E-state index contributed by atoms with van der Waals surface area (Å²) in [5.74, 6) is 0. The second-order valence-electron chi connectivity index (χ2n) is 5.83. The highest BCUT2D eigenvalue weighted by Gasteiger charge is 2.35. The van der Waals surface area contributed by atoms with Crippen LogP contribution in [0.15, 0.2) is 30.3 Å². The first kappa shape index (κ1) is 12.6. The van der Waals surface area contributed by atoms with Gasteiger partial charge in [-0.25, -0.2) is 0 Å². The van der Waals surface area contributed by atoms with Gasteiger partial charge in [0, 0.05) is 30.7 Å². The van der Waals surface area contributed by atoms with E-state index >= 15 is 0 Å². The minimum Gasteiger partial charge on any atom is -0.311 e. The summed E-state index contributed by atoms with van der Waals surface area (Å²) in [5.41, 5.74) is 1.64. The Morgan fingerprint density at radius 3 is 2.59 bits per heavy atom. The lowest BCUT2D eigenvalue weighted by Crippen LogP contribution is -2.61. The van der Waals surface area contributed by atoms with Crippen LogP contribution in [-0.4, -0.2) is 29.6 Å². The third-order valence-electron chi connectivity index (χ3n) is 3.88. The summed E-state index contributed by atoms with van der Waals surface area (Å²) in [6.07, 6.45) is 0. The number of hydrogen-bond acceptors (Lipinski definition) is 2. The Morgan fingerprint density at radius 2 is 1.94 bits per heavy atom. The molecule has 1 N–H and O–H groups in total. The van der Waals surface area contributed by atoms with Gasteiger partial charge in [-0.3, -0.25) is 4.90 Å². The molecule has 1 aromatic carbocycles. The summed E-state index contributed by atoms with van der Waals surface area (Å²) in [7, 11) is 0. The zero-order valence-electron chi connectivity index (χ0n) is 11.4. The average Bonchev–Trinajstić information content (AvgIpc) is 2.33. The van der Waals surface area contributed by atoms with Crippen LogP contribution >= 0.6 is 0 Å². The van der Waals surface area contributed by atoms with Crippen LogP contribution in [0.2, 0.25) is 0 Å². The molecule has 0 saturated carbocycles. The van der Waals surface area contributed by atoms with Gasteiger partial charge in [-0.1, -0.05) is 30.3 Å². The Hall–Kier alpha value is -0.860. The zero-order chi connectivity index (χ0) is 12.5. The van der Waals surface area contributed by atoms with Gasteiger partial charge in [0.15, 0.2) is 0 Å². The first-order valence-corrected chi connectivity index (χ1v) is 6.56. The predicted molar refractivity (Wildman–Crippen MR) is 73.1 cm³/mol. The average molecular weight is 232 g/mol. The molecule has 1 heterocycles. The maximum Gasteiger partial charge on any atom is 0.0326 e. The Morgan fingerprint density at radius 1 is 1.29 bits per heavy atom. The molecule has 1 aliphatic heterocycles. The monoisotopic (exact) mass is 232 g/mol. The van der Waals surface area contributed by atoms with Gasteiger partial charge in [0.2, 0.25) is 0 Å². The molecule has 2 unspecified atom stereocenters. The van der Waals surface area contributed by atoms with Crippen molar-refractivity contribution in [2.45, 2.75) is 45.3 Å². The molecule has 1 fully saturated rings. The lowest BCUT2D eigenvalue weighted by molar-refractivity contribution is 0.0340. The Kier molecular flexibility index (Phi) is 3.55. The highest BCUT2D eigenvalue weighted by Crippen LogP contribution is 2.29. The number of rotatable bonds is 2. The second-order valence-corrected chi connectivity index (χ2v) is 5.83. The molecule has 0 aliphatic carbocycles. The standard InChI is InChI=1S/C15H24N2/c1-12-10-17(15(3,4)11-16-12)13(2)14-8-6-5-7-9-14/h5-9,12-13,16H,10-11H2,1-4H3. The zero-order valence-corrected chi connectivity index (χ0v) is 11.4. The van der Waals surface area contributed by atoms with Crippen LogP contribution in [0.25, 0.3) is 0 Å². The molecule has 2 atom stereocenters. The molecule has 2 rings (SSSR count). The summed E-state index contributed by atoms with van der Waals surface area (Å²) in [5, 5.41) is 3.57. The molecule has 0 bridgehead atoms. The molecule has 0 radical (unpaired) electrons. The van der Waals surface area contributed by atoms with Crippen LogP contribution < -0.4 is 5.32 Å². The summed E-state index contributed by atoms with van der Waals surface area (Å²) in [4.78, 5) is 2.61. The van der Waals surface area contributed by atoms with E-state index in [-0.39, 0.29) is 5.54 Å². The van der Waals surface area contributed by atoms with Crippen LogP contribution in [0.3, 0.4) is 0 Å². The van der Waals surface area contributed by atoms with Gasteiger partial charge < -0.3 is 5.32 Å². The van der Waals surface area contributed by atoms with E-state index < -0.39 is 0 Å². The van der Waals surface area contributed by atoms with Crippen LogP contribution in [0.4, 0.5) is 0 Å².